The molecule has 0 spiro atoms. The number of nitrogens with one attached hydrogen (secondary N) is 1. The molecule has 3 aromatic rings. The van der Waals surface area contributed by atoms with E-state index in [0.29, 0.717) is 11.5 Å². The number of hydrogen-bond donors (Lipinski definition) is 1. The monoisotopic (exact) mass is 391 g/mol. The highest BCUT2D eigenvalue weighted by atomic mass is 16.5. The maximum Gasteiger partial charge on any atom is 0.262 e. The topological polar surface area (TPSA) is 65.4 Å². The molecule has 0 radical (unpaired) electrons. The van der Waals surface area contributed by atoms with Crippen molar-refractivity contribution in [2.24, 2.45) is 0 Å². The van der Waals surface area contributed by atoms with Crippen LogP contribution in [0.4, 0.5) is 5.69 Å². The van der Waals surface area contributed by atoms with Crippen molar-refractivity contribution in [1.82, 2.24) is 9.55 Å². The Hall–Kier alpha value is -3.28. The molecule has 0 saturated heterocycles. The largest absolute Gasteiger partial charge is 0.493 e. The maximum absolute atomic E-state index is 12.5. The van der Waals surface area contributed by atoms with E-state index in [1.54, 1.807) is 7.11 Å². The molecule has 0 bridgehead atoms. The van der Waals surface area contributed by atoms with E-state index in [9.17, 15) is 4.79 Å². The summed E-state index contributed by atoms with van der Waals surface area (Å²) in [6.45, 7) is 2.88. The van der Waals surface area contributed by atoms with Crippen molar-refractivity contribution < 1.29 is 14.3 Å². The number of benzene rings is 2. The predicted molar refractivity (Wildman–Crippen MR) is 112 cm³/mol. The molecular weight excluding hydrogens is 366 g/mol. The summed E-state index contributed by atoms with van der Waals surface area (Å²) in [7, 11) is 1.59. The Morgan fingerprint density at radius 3 is 2.86 bits per heavy atom. The lowest BCUT2D eigenvalue weighted by molar-refractivity contribution is -0.118. The van der Waals surface area contributed by atoms with Gasteiger partial charge >= 0.3 is 0 Å². The van der Waals surface area contributed by atoms with Gasteiger partial charge in [-0.1, -0.05) is 24.3 Å². The van der Waals surface area contributed by atoms with Crippen LogP contribution in [-0.4, -0.2) is 29.2 Å². The Morgan fingerprint density at radius 1 is 1.17 bits per heavy atom. The van der Waals surface area contributed by atoms with E-state index in [0.717, 1.165) is 41.3 Å². The number of aromatic nitrogens is 2. The summed E-state index contributed by atoms with van der Waals surface area (Å²) in [5, 5.41) is 2.95. The van der Waals surface area contributed by atoms with Gasteiger partial charge in [0.05, 0.1) is 18.5 Å². The molecule has 2 aromatic carbocycles. The summed E-state index contributed by atoms with van der Waals surface area (Å²) in [6, 6.07) is 13.3. The first kappa shape index (κ1) is 19.1. The summed E-state index contributed by atoms with van der Waals surface area (Å²) in [5.74, 6) is 2.04. The molecule has 0 atom stereocenters. The second-order valence-electron chi connectivity index (χ2n) is 7.23. The van der Waals surface area contributed by atoms with Crippen LogP contribution in [0, 0.1) is 6.92 Å². The zero-order chi connectivity index (χ0) is 20.2. The van der Waals surface area contributed by atoms with Crippen LogP contribution < -0.4 is 14.8 Å². The highest BCUT2D eigenvalue weighted by Gasteiger charge is 2.16. The number of methoxy groups -OCH3 is 1. The van der Waals surface area contributed by atoms with Gasteiger partial charge in [-0.3, -0.25) is 4.79 Å². The minimum atomic E-state index is -0.232. The minimum Gasteiger partial charge on any atom is -0.493 e. The van der Waals surface area contributed by atoms with Gasteiger partial charge in [-0.15, -0.1) is 0 Å². The molecule has 0 saturated carbocycles. The number of aryl methyl sites for hydroxylation is 3. The van der Waals surface area contributed by atoms with Crippen molar-refractivity contribution in [3.8, 4) is 22.8 Å². The SMILES string of the molecule is COc1cc(C)ccc1OCC(=O)Nc1ccccc1-c1cn2c(n1)CCCC2. The molecule has 1 aliphatic rings. The molecule has 6 nitrogen and oxygen atoms in total. The first-order chi connectivity index (χ1) is 14.1. The van der Waals surface area contributed by atoms with Crippen molar-refractivity contribution >= 4 is 11.6 Å². The number of hydrogen-bond acceptors (Lipinski definition) is 4. The van der Waals surface area contributed by atoms with E-state index in [4.69, 9.17) is 14.5 Å². The molecular formula is C23H25N3O3. The molecule has 0 fully saturated rings. The average Bonchev–Trinajstić information content (AvgIpc) is 3.17. The van der Waals surface area contributed by atoms with Crippen LogP contribution in [0.1, 0.15) is 24.2 Å². The quantitative estimate of drug-likeness (QED) is 0.683. The van der Waals surface area contributed by atoms with Gasteiger partial charge in [0.1, 0.15) is 5.82 Å². The summed E-state index contributed by atoms with van der Waals surface area (Å²) in [4.78, 5) is 17.3. The van der Waals surface area contributed by atoms with Gasteiger partial charge in [-0.25, -0.2) is 4.98 Å². The number of carbonyl (C=O) groups is 1. The van der Waals surface area contributed by atoms with Crippen LogP contribution in [0.15, 0.2) is 48.7 Å². The van der Waals surface area contributed by atoms with E-state index in [1.807, 2.05) is 49.4 Å². The normalized spacial score (nSPS) is 12.9. The van der Waals surface area contributed by atoms with Gasteiger partial charge in [-0.2, -0.15) is 0 Å². The van der Waals surface area contributed by atoms with Crippen LogP contribution in [0.3, 0.4) is 0 Å². The summed E-state index contributed by atoms with van der Waals surface area (Å²) < 4.78 is 13.2. The number of ether oxygens (including phenoxy) is 2. The summed E-state index contributed by atoms with van der Waals surface area (Å²) >= 11 is 0. The van der Waals surface area contributed by atoms with Crippen molar-refractivity contribution in [1.29, 1.82) is 0 Å². The van der Waals surface area contributed by atoms with Crippen molar-refractivity contribution in [3.63, 3.8) is 0 Å². The maximum atomic E-state index is 12.5. The minimum absolute atomic E-state index is 0.104. The Kier molecular flexibility index (Phi) is 5.51. The lowest BCUT2D eigenvalue weighted by atomic mass is 10.1. The van der Waals surface area contributed by atoms with E-state index in [-0.39, 0.29) is 12.5 Å². The molecule has 4 rings (SSSR count). The summed E-state index contributed by atoms with van der Waals surface area (Å²) in [5.41, 5.74) is 3.59. The van der Waals surface area contributed by atoms with Crippen molar-refractivity contribution in [2.45, 2.75) is 32.7 Å². The van der Waals surface area contributed by atoms with E-state index < -0.39 is 0 Å². The predicted octanol–water partition coefficient (Wildman–Crippen LogP) is 4.22. The van der Waals surface area contributed by atoms with Crippen LogP contribution in [-0.2, 0) is 17.8 Å². The van der Waals surface area contributed by atoms with Gasteiger partial charge in [0.2, 0.25) is 0 Å². The van der Waals surface area contributed by atoms with Crippen LogP contribution >= 0.6 is 0 Å². The zero-order valence-electron chi connectivity index (χ0n) is 16.8. The molecule has 0 aliphatic carbocycles. The Balaban J connectivity index is 1.47. The fourth-order valence-electron chi connectivity index (χ4n) is 3.58. The smallest absolute Gasteiger partial charge is 0.262 e. The lowest BCUT2D eigenvalue weighted by Crippen LogP contribution is -2.20. The Labute approximate surface area is 170 Å². The fourth-order valence-corrected chi connectivity index (χ4v) is 3.58. The molecule has 0 unspecified atom stereocenters. The Morgan fingerprint density at radius 2 is 2.03 bits per heavy atom. The van der Waals surface area contributed by atoms with Crippen LogP contribution in [0.2, 0.25) is 0 Å². The molecule has 2 heterocycles. The van der Waals surface area contributed by atoms with Gasteiger partial charge in [0.25, 0.3) is 5.91 Å². The van der Waals surface area contributed by atoms with Crippen molar-refractivity contribution in [3.05, 3.63) is 60.0 Å². The molecule has 1 N–H and O–H groups in total. The van der Waals surface area contributed by atoms with E-state index in [1.165, 1.54) is 12.8 Å². The first-order valence-electron chi connectivity index (χ1n) is 9.87. The highest BCUT2D eigenvalue weighted by Crippen LogP contribution is 2.30. The standard InChI is InChI=1S/C23H25N3O3/c1-16-10-11-20(21(13-16)28-2)29-15-23(27)25-18-8-4-3-7-17(18)19-14-26-12-6-5-9-22(26)24-19/h3-4,7-8,10-11,13-14H,5-6,9,12,15H2,1-2H3,(H,25,27). The third-order valence-corrected chi connectivity index (χ3v) is 5.06. The second kappa shape index (κ2) is 8.39. The molecule has 1 aliphatic heterocycles. The third-order valence-electron chi connectivity index (χ3n) is 5.06. The number of fused-ring (bicyclic) bond motifs is 1. The number of para-hydroxylation sites is 1. The molecule has 1 amide bonds. The van der Waals surface area contributed by atoms with Gasteiger partial charge in [0.15, 0.2) is 18.1 Å². The van der Waals surface area contributed by atoms with Crippen LogP contribution in [0.5, 0.6) is 11.5 Å². The number of rotatable bonds is 6. The molecule has 29 heavy (non-hydrogen) atoms. The number of amides is 1. The second-order valence-corrected chi connectivity index (χ2v) is 7.23. The number of carbonyl (C=O) groups excluding carboxylic acids is 1. The number of nitrogens with zero attached hydrogens (tertiary/aromatic N) is 2. The fraction of sp³-hybridized carbons (Fsp3) is 0.304. The van der Waals surface area contributed by atoms with Gasteiger partial charge < -0.3 is 19.4 Å². The van der Waals surface area contributed by atoms with Gasteiger partial charge in [0, 0.05) is 24.7 Å². The number of imidazole rings is 1. The molecule has 150 valence electrons. The number of anilines is 1. The zero-order valence-corrected chi connectivity index (χ0v) is 16.8. The highest BCUT2D eigenvalue weighted by molar-refractivity contribution is 5.96. The third kappa shape index (κ3) is 4.26. The molecule has 6 heteroatoms. The Bertz CT molecular complexity index is 1000. The van der Waals surface area contributed by atoms with Crippen molar-refractivity contribution in [2.75, 3.05) is 19.0 Å². The first-order valence-corrected chi connectivity index (χ1v) is 9.87. The van der Waals surface area contributed by atoms with Gasteiger partial charge in [-0.05, 0) is 43.5 Å². The summed E-state index contributed by atoms with van der Waals surface area (Å²) in [6.07, 6.45) is 5.43. The van der Waals surface area contributed by atoms with E-state index >= 15 is 0 Å². The van der Waals surface area contributed by atoms with E-state index in [2.05, 4.69) is 16.1 Å². The van der Waals surface area contributed by atoms with Crippen LogP contribution in [0.25, 0.3) is 11.3 Å². The average molecular weight is 391 g/mol. The lowest BCUT2D eigenvalue weighted by Gasteiger charge is -2.12. The molecule has 1 aromatic heterocycles.